The molecule has 0 amide bonds. The van der Waals surface area contributed by atoms with E-state index in [1.54, 1.807) is 0 Å². The van der Waals surface area contributed by atoms with Gasteiger partial charge in [0, 0.05) is 0 Å². The second kappa shape index (κ2) is 6.13. The van der Waals surface area contributed by atoms with Crippen LogP contribution in [0.25, 0.3) is 0 Å². The van der Waals surface area contributed by atoms with Crippen LogP contribution in [0.4, 0.5) is 8.78 Å². The van der Waals surface area contributed by atoms with E-state index in [0.717, 1.165) is 12.1 Å². The molecule has 0 N–H and O–H groups in total. The minimum atomic E-state index is -0.458. The largest absolute Gasteiger partial charge is 0.576 e. The third kappa shape index (κ3) is 3.75. The van der Waals surface area contributed by atoms with Crippen molar-refractivity contribution in [2.45, 2.75) is 0 Å². The lowest BCUT2D eigenvalue weighted by molar-refractivity contribution is 0.457. The van der Waals surface area contributed by atoms with Crippen molar-refractivity contribution in [2.75, 3.05) is 0 Å². The highest BCUT2D eigenvalue weighted by molar-refractivity contribution is 6.33. The zero-order valence-electron chi connectivity index (χ0n) is 9.50. The molecule has 0 saturated carbocycles. The minimum absolute atomic E-state index is 0.133. The number of hydrogen-bond donors (Lipinski definition) is 0. The Morgan fingerprint density at radius 2 is 1.21 bits per heavy atom. The molecule has 2 nitrogen and oxygen atoms in total. The van der Waals surface area contributed by atoms with Crippen molar-refractivity contribution in [2.24, 2.45) is 0 Å². The average molecular weight is 303 g/mol. The van der Waals surface area contributed by atoms with Gasteiger partial charge in [-0.05, 0) is 36.4 Å². The first-order valence-corrected chi connectivity index (χ1v) is 5.97. The van der Waals surface area contributed by atoms with E-state index < -0.39 is 11.6 Å². The summed E-state index contributed by atoms with van der Waals surface area (Å²) in [6.07, 6.45) is 0. The molecule has 0 aliphatic carbocycles. The highest BCUT2D eigenvalue weighted by atomic mass is 35.5. The maximum atomic E-state index is 12.8. The smallest absolute Gasteiger partial charge is 0.527 e. The van der Waals surface area contributed by atoms with Crippen molar-refractivity contribution < 1.29 is 18.1 Å². The standard InChI is InChI=1S/C12H7BCl2F2O2/c14-9-5-7(16)1-3-11(9)18-13-19-12-4-2-8(17)6-10(12)15/h1-6,13H. The molecule has 0 radical (unpaired) electrons. The Morgan fingerprint density at radius 1 is 0.789 bits per heavy atom. The van der Waals surface area contributed by atoms with Gasteiger partial charge < -0.3 is 9.31 Å². The molecule has 0 aromatic heterocycles. The summed E-state index contributed by atoms with van der Waals surface area (Å²) in [6.45, 7) is 0. The van der Waals surface area contributed by atoms with Crippen LogP contribution in [0.15, 0.2) is 36.4 Å². The number of hydrogen-bond acceptors (Lipinski definition) is 2. The van der Waals surface area contributed by atoms with Gasteiger partial charge in [0.1, 0.15) is 23.1 Å². The average Bonchev–Trinajstić information content (AvgIpc) is 2.34. The molecular weight excluding hydrogens is 296 g/mol. The van der Waals surface area contributed by atoms with Crippen LogP contribution in [0, 0.1) is 11.6 Å². The lowest BCUT2D eigenvalue weighted by Gasteiger charge is -2.09. The maximum absolute atomic E-state index is 12.8. The summed E-state index contributed by atoms with van der Waals surface area (Å²) >= 11 is 11.5. The fourth-order valence-electron chi connectivity index (χ4n) is 1.34. The van der Waals surface area contributed by atoms with Crippen LogP contribution in [0.3, 0.4) is 0 Å². The van der Waals surface area contributed by atoms with Crippen molar-refractivity contribution in [1.82, 2.24) is 0 Å². The molecule has 19 heavy (non-hydrogen) atoms. The lowest BCUT2D eigenvalue weighted by atomic mass is 10.3. The van der Waals surface area contributed by atoms with Crippen LogP contribution in [0.5, 0.6) is 11.5 Å². The summed E-state index contributed by atoms with van der Waals surface area (Å²) in [5, 5.41) is 0.266. The molecule has 98 valence electrons. The SMILES string of the molecule is Fc1ccc(OBOc2ccc(F)cc2Cl)c(Cl)c1. The summed E-state index contributed by atoms with van der Waals surface area (Å²) in [6, 6.07) is 7.45. The summed E-state index contributed by atoms with van der Waals surface area (Å²) in [5.41, 5.74) is 0. The van der Waals surface area contributed by atoms with Crippen molar-refractivity contribution in [1.29, 1.82) is 0 Å². The predicted octanol–water partition coefficient (Wildman–Crippen LogP) is 4.00. The highest BCUT2D eigenvalue weighted by Gasteiger charge is 2.07. The Kier molecular flexibility index (Phi) is 4.50. The molecule has 0 aliphatic rings. The second-order valence-electron chi connectivity index (χ2n) is 3.56. The quantitative estimate of drug-likeness (QED) is 0.795. The topological polar surface area (TPSA) is 18.5 Å². The number of halogens is 4. The Hall–Kier alpha value is -1.46. The van der Waals surface area contributed by atoms with E-state index in [1.165, 1.54) is 24.3 Å². The van der Waals surface area contributed by atoms with Crippen LogP contribution in [-0.2, 0) is 0 Å². The van der Waals surface area contributed by atoms with Gasteiger partial charge in [-0.25, -0.2) is 8.78 Å². The molecule has 2 aromatic rings. The Morgan fingerprint density at radius 3 is 1.58 bits per heavy atom. The first kappa shape index (κ1) is 14.0. The van der Waals surface area contributed by atoms with Crippen LogP contribution in [-0.4, -0.2) is 7.69 Å². The van der Waals surface area contributed by atoms with Crippen molar-refractivity contribution in [3.8, 4) is 11.5 Å². The van der Waals surface area contributed by atoms with Gasteiger partial charge in [-0.15, -0.1) is 0 Å². The molecule has 0 bridgehead atoms. The molecule has 2 aromatic carbocycles. The van der Waals surface area contributed by atoms with Crippen molar-refractivity contribution in [3.63, 3.8) is 0 Å². The van der Waals surface area contributed by atoms with Gasteiger partial charge in [-0.3, -0.25) is 0 Å². The first-order valence-electron chi connectivity index (χ1n) is 5.22. The van der Waals surface area contributed by atoms with Crippen LogP contribution in [0.2, 0.25) is 10.0 Å². The van der Waals surface area contributed by atoms with E-state index in [-0.39, 0.29) is 29.2 Å². The van der Waals surface area contributed by atoms with E-state index in [0.29, 0.717) is 0 Å². The molecule has 0 fully saturated rings. The van der Waals surface area contributed by atoms with Gasteiger partial charge in [-0.1, -0.05) is 23.2 Å². The summed E-state index contributed by atoms with van der Waals surface area (Å²) in [5.74, 6) is -0.359. The lowest BCUT2D eigenvalue weighted by Crippen LogP contribution is -2.11. The maximum Gasteiger partial charge on any atom is 0.576 e. The molecule has 0 saturated heterocycles. The zero-order valence-corrected chi connectivity index (χ0v) is 11.0. The zero-order chi connectivity index (χ0) is 13.8. The highest BCUT2D eigenvalue weighted by Crippen LogP contribution is 2.26. The number of rotatable bonds is 4. The van der Waals surface area contributed by atoms with E-state index >= 15 is 0 Å². The monoisotopic (exact) mass is 302 g/mol. The number of benzene rings is 2. The summed E-state index contributed by atoms with van der Waals surface area (Å²) in [4.78, 5) is 0. The van der Waals surface area contributed by atoms with E-state index in [4.69, 9.17) is 32.5 Å². The van der Waals surface area contributed by atoms with E-state index in [9.17, 15) is 8.78 Å². The van der Waals surface area contributed by atoms with Crippen LogP contribution >= 0.6 is 23.2 Å². The molecule has 0 unspecified atom stereocenters. The normalized spacial score (nSPS) is 10.1. The molecule has 0 aliphatic heterocycles. The summed E-state index contributed by atoms with van der Waals surface area (Å²) < 4.78 is 36.0. The van der Waals surface area contributed by atoms with E-state index in [1.807, 2.05) is 0 Å². The molecule has 0 spiro atoms. The fourth-order valence-corrected chi connectivity index (χ4v) is 1.78. The van der Waals surface area contributed by atoms with E-state index in [2.05, 4.69) is 0 Å². The Labute approximate surface area is 119 Å². The molecule has 0 heterocycles. The minimum Gasteiger partial charge on any atom is -0.527 e. The fraction of sp³-hybridized carbons (Fsp3) is 0. The molecule has 7 heteroatoms. The summed E-state index contributed by atoms with van der Waals surface area (Å²) in [7, 11) is -0.184. The third-order valence-electron chi connectivity index (χ3n) is 2.22. The van der Waals surface area contributed by atoms with Gasteiger partial charge in [-0.2, -0.15) is 0 Å². The second-order valence-corrected chi connectivity index (χ2v) is 4.37. The molecule has 2 rings (SSSR count). The third-order valence-corrected chi connectivity index (χ3v) is 2.81. The first-order chi connectivity index (χ1) is 9.06. The van der Waals surface area contributed by atoms with Crippen LogP contribution < -0.4 is 9.31 Å². The van der Waals surface area contributed by atoms with Gasteiger partial charge in [0.05, 0.1) is 10.0 Å². The molecular formula is C12H7BCl2F2O2. The van der Waals surface area contributed by atoms with Gasteiger partial charge in [0.2, 0.25) is 0 Å². The predicted molar refractivity (Wildman–Crippen MR) is 71.2 cm³/mol. The van der Waals surface area contributed by atoms with Gasteiger partial charge in [0.25, 0.3) is 0 Å². The molecule has 0 atom stereocenters. The van der Waals surface area contributed by atoms with Gasteiger partial charge in [0.15, 0.2) is 0 Å². The Balaban J connectivity index is 1.96. The Bertz CT molecular complexity index is 544. The van der Waals surface area contributed by atoms with Crippen molar-refractivity contribution in [3.05, 3.63) is 58.1 Å². The van der Waals surface area contributed by atoms with Gasteiger partial charge >= 0.3 is 7.69 Å². The van der Waals surface area contributed by atoms with Crippen LogP contribution in [0.1, 0.15) is 0 Å². The van der Waals surface area contributed by atoms with Crippen molar-refractivity contribution >= 4 is 30.9 Å².